The second-order valence-corrected chi connectivity index (χ2v) is 6.63. The molecule has 0 aromatic heterocycles. The Hall–Kier alpha value is -2.73. The summed E-state index contributed by atoms with van der Waals surface area (Å²) in [5, 5.41) is 3.46. The highest BCUT2D eigenvalue weighted by atomic mass is 35.5. The molecule has 0 fully saturated rings. The second kappa shape index (κ2) is 8.31. The van der Waals surface area contributed by atoms with Crippen molar-refractivity contribution < 1.29 is 23.8 Å². The lowest BCUT2D eigenvalue weighted by molar-refractivity contribution is -0.116. The average molecular weight is 390 g/mol. The lowest BCUT2D eigenvalue weighted by atomic mass is 10.1. The Labute approximate surface area is 162 Å². The van der Waals surface area contributed by atoms with Crippen molar-refractivity contribution in [3.8, 4) is 17.2 Å². The number of carbonyl (C=O) groups is 2. The number of nitrogens with one attached hydrogen (secondary N) is 1. The van der Waals surface area contributed by atoms with Crippen molar-refractivity contribution in [1.82, 2.24) is 0 Å². The molecule has 0 bridgehead atoms. The number of amides is 1. The lowest BCUT2D eigenvalue weighted by Gasteiger charge is -2.11. The van der Waals surface area contributed by atoms with E-state index in [-0.39, 0.29) is 24.9 Å². The van der Waals surface area contributed by atoms with Crippen molar-refractivity contribution in [3.05, 3.63) is 46.5 Å². The molecule has 27 heavy (non-hydrogen) atoms. The van der Waals surface area contributed by atoms with Gasteiger partial charge in [0.2, 0.25) is 12.7 Å². The van der Waals surface area contributed by atoms with Crippen LogP contribution in [0.5, 0.6) is 17.2 Å². The third-order valence-electron chi connectivity index (χ3n) is 4.11. The molecule has 7 heteroatoms. The number of rotatable bonds is 7. The van der Waals surface area contributed by atoms with E-state index in [1.807, 2.05) is 13.0 Å². The van der Waals surface area contributed by atoms with E-state index in [9.17, 15) is 9.59 Å². The van der Waals surface area contributed by atoms with Crippen LogP contribution in [-0.2, 0) is 4.79 Å². The normalized spacial score (nSPS) is 12.0. The Morgan fingerprint density at radius 1 is 1.19 bits per heavy atom. The van der Waals surface area contributed by atoms with E-state index in [0.717, 1.165) is 5.56 Å². The van der Waals surface area contributed by atoms with Gasteiger partial charge in [0.15, 0.2) is 17.3 Å². The molecule has 1 aliphatic heterocycles. The summed E-state index contributed by atoms with van der Waals surface area (Å²) in [4.78, 5) is 24.1. The quantitative estimate of drug-likeness (QED) is 0.562. The van der Waals surface area contributed by atoms with Crippen LogP contribution in [0, 0.1) is 6.92 Å². The summed E-state index contributed by atoms with van der Waals surface area (Å²) >= 11 is 5.98. The van der Waals surface area contributed by atoms with Crippen LogP contribution in [0.4, 0.5) is 5.69 Å². The van der Waals surface area contributed by atoms with Gasteiger partial charge in [0, 0.05) is 23.1 Å². The van der Waals surface area contributed by atoms with Gasteiger partial charge in [-0.25, -0.2) is 0 Å². The molecule has 6 nitrogen and oxygen atoms in total. The van der Waals surface area contributed by atoms with Crippen LogP contribution >= 0.6 is 11.6 Å². The van der Waals surface area contributed by atoms with Crippen molar-refractivity contribution in [3.63, 3.8) is 0 Å². The number of benzene rings is 2. The molecule has 0 unspecified atom stereocenters. The molecule has 1 aliphatic rings. The summed E-state index contributed by atoms with van der Waals surface area (Å²) in [6, 6.07) is 8.63. The number of aryl methyl sites for hydroxylation is 1. The Morgan fingerprint density at radius 3 is 2.63 bits per heavy atom. The number of Topliss-reactive ketones (excluding diaryl/α,β-unsaturated/α-hetero) is 1. The molecule has 1 amide bonds. The van der Waals surface area contributed by atoms with Crippen LogP contribution in [0.25, 0.3) is 0 Å². The fourth-order valence-electron chi connectivity index (χ4n) is 2.68. The Bertz CT molecular complexity index is 881. The van der Waals surface area contributed by atoms with Crippen molar-refractivity contribution in [2.24, 2.45) is 0 Å². The molecule has 0 atom stereocenters. The first kappa shape index (κ1) is 19.0. The van der Waals surface area contributed by atoms with E-state index in [1.165, 1.54) is 6.92 Å². The summed E-state index contributed by atoms with van der Waals surface area (Å²) in [6.45, 7) is 3.84. The zero-order valence-electron chi connectivity index (χ0n) is 15.1. The molecule has 0 radical (unpaired) electrons. The highest BCUT2D eigenvalue weighted by Gasteiger charge is 2.20. The van der Waals surface area contributed by atoms with Gasteiger partial charge >= 0.3 is 0 Å². The predicted octanol–water partition coefficient (Wildman–Crippen LogP) is 4.38. The first-order valence-electron chi connectivity index (χ1n) is 8.57. The van der Waals surface area contributed by atoms with E-state index in [2.05, 4.69) is 5.32 Å². The molecule has 1 N–H and O–H groups in total. The zero-order chi connectivity index (χ0) is 19.4. The summed E-state index contributed by atoms with van der Waals surface area (Å²) in [6.07, 6.45) is 0.797. The van der Waals surface area contributed by atoms with Gasteiger partial charge in [0.25, 0.3) is 0 Å². The minimum Gasteiger partial charge on any atom is -0.494 e. The largest absolute Gasteiger partial charge is 0.494 e. The van der Waals surface area contributed by atoms with E-state index in [0.29, 0.717) is 46.5 Å². The van der Waals surface area contributed by atoms with Crippen LogP contribution in [0.2, 0.25) is 5.02 Å². The van der Waals surface area contributed by atoms with Crippen molar-refractivity contribution >= 4 is 29.0 Å². The number of hydrogen-bond acceptors (Lipinski definition) is 5. The highest BCUT2D eigenvalue weighted by molar-refractivity contribution is 6.31. The van der Waals surface area contributed by atoms with E-state index in [1.54, 1.807) is 24.3 Å². The molecular formula is C20H20ClNO5. The SMILES string of the molecule is CC(=O)c1cc2c(cc1NC(=O)CCCOc1ccc(Cl)c(C)c1)OCO2. The van der Waals surface area contributed by atoms with Gasteiger partial charge in [0.1, 0.15) is 5.75 Å². The van der Waals surface area contributed by atoms with Gasteiger partial charge in [-0.05, 0) is 50.1 Å². The first-order valence-corrected chi connectivity index (χ1v) is 8.95. The van der Waals surface area contributed by atoms with Gasteiger partial charge in [-0.2, -0.15) is 0 Å². The van der Waals surface area contributed by atoms with E-state index >= 15 is 0 Å². The smallest absolute Gasteiger partial charge is 0.231 e. The Morgan fingerprint density at radius 2 is 1.93 bits per heavy atom. The van der Waals surface area contributed by atoms with Gasteiger partial charge in [-0.15, -0.1) is 0 Å². The molecule has 0 aliphatic carbocycles. The maximum Gasteiger partial charge on any atom is 0.231 e. The zero-order valence-corrected chi connectivity index (χ0v) is 15.9. The molecular weight excluding hydrogens is 370 g/mol. The summed E-state index contributed by atoms with van der Waals surface area (Å²) in [5.74, 6) is 1.37. The number of ketones is 1. The van der Waals surface area contributed by atoms with E-state index in [4.69, 9.17) is 25.8 Å². The van der Waals surface area contributed by atoms with Crippen LogP contribution in [0.3, 0.4) is 0 Å². The molecule has 0 saturated heterocycles. The second-order valence-electron chi connectivity index (χ2n) is 6.22. The summed E-state index contributed by atoms with van der Waals surface area (Å²) < 4.78 is 16.2. The van der Waals surface area contributed by atoms with Gasteiger partial charge in [-0.1, -0.05) is 11.6 Å². The monoisotopic (exact) mass is 389 g/mol. The molecule has 3 rings (SSSR count). The minimum absolute atomic E-state index is 0.103. The number of ether oxygens (including phenoxy) is 3. The Kier molecular flexibility index (Phi) is 5.86. The fraction of sp³-hybridized carbons (Fsp3) is 0.300. The summed E-state index contributed by atoms with van der Waals surface area (Å²) in [7, 11) is 0. The first-order chi connectivity index (χ1) is 12.9. The van der Waals surface area contributed by atoms with Crippen LogP contribution in [0.1, 0.15) is 35.7 Å². The maximum absolute atomic E-state index is 12.2. The maximum atomic E-state index is 12.2. The third kappa shape index (κ3) is 4.71. The average Bonchev–Trinajstić information content (AvgIpc) is 3.08. The molecule has 2 aromatic carbocycles. The lowest BCUT2D eigenvalue weighted by Crippen LogP contribution is -2.15. The third-order valence-corrected chi connectivity index (χ3v) is 4.54. The van der Waals surface area contributed by atoms with Gasteiger partial charge in [-0.3, -0.25) is 9.59 Å². The fourth-order valence-corrected chi connectivity index (χ4v) is 2.80. The van der Waals surface area contributed by atoms with Crippen LogP contribution in [0.15, 0.2) is 30.3 Å². The van der Waals surface area contributed by atoms with Gasteiger partial charge in [0.05, 0.1) is 12.3 Å². The number of carbonyl (C=O) groups excluding carboxylic acids is 2. The van der Waals surface area contributed by atoms with Gasteiger partial charge < -0.3 is 19.5 Å². The van der Waals surface area contributed by atoms with Crippen LogP contribution < -0.4 is 19.5 Å². The number of anilines is 1. The summed E-state index contributed by atoms with van der Waals surface area (Å²) in [5.41, 5.74) is 1.75. The number of halogens is 1. The molecule has 142 valence electrons. The Balaban J connectivity index is 1.53. The number of fused-ring (bicyclic) bond motifs is 1. The topological polar surface area (TPSA) is 73.9 Å². The van der Waals surface area contributed by atoms with Crippen molar-refractivity contribution in [2.45, 2.75) is 26.7 Å². The standard InChI is InChI=1S/C20H20ClNO5/c1-12-8-14(5-6-16(12)21)25-7-3-4-20(24)22-17-10-19-18(26-11-27-19)9-15(17)13(2)23/h5-6,8-10H,3-4,7,11H2,1-2H3,(H,22,24). The molecule has 0 spiro atoms. The molecule has 1 heterocycles. The minimum atomic E-state index is -0.202. The molecule has 2 aromatic rings. The molecule has 0 saturated carbocycles. The van der Waals surface area contributed by atoms with Crippen LogP contribution in [-0.4, -0.2) is 25.1 Å². The van der Waals surface area contributed by atoms with Crippen molar-refractivity contribution in [1.29, 1.82) is 0 Å². The number of hydrogen-bond donors (Lipinski definition) is 1. The predicted molar refractivity (Wildman–Crippen MR) is 102 cm³/mol. The van der Waals surface area contributed by atoms with E-state index < -0.39 is 0 Å². The van der Waals surface area contributed by atoms with Crippen molar-refractivity contribution in [2.75, 3.05) is 18.7 Å². The highest BCUT2D eigenvalue weighted by Crippen LogP contribution is 2.37.